The molecule has 2 N–H and O–H groups in total. The number of rotatable bonds is 5. The molecule has 0 spiro atoms. The van der Waals surface area contributed by atoms with Gasteiger partial charge in [-0.15, -0.1) is 0 Å². The van der Waals surface area contributed by atoms with E-state index in [9.17, 15) is 0 Å². The summed E-state index contributed by atoms with van der Waals surface area (Å²) in [5.74, 6) is 2.85. The predicted octanol–water partition coefficient (Wildman–Crippen LogP) is 3.77. The van der Waals surface area contributed by atoms with Gasteiger partial charge in [-0.05, 0) is 61.8 Å². The van der Waals surface area contributed by atoms with E-state index in [1.54, 1.807) is 0 Å². The maximum Gasteiger partial charge on any atom is 0.00700 e. The average Bonchev–Trinajstić information content (AvgIpc) is 3.02. The van der Waals surface area contributed by atoms with Crippen LogP contribution in [-0.4, -0.2) is 6.04 Å². The number of hydrogen-bond donors (Lipinski definition) is 1. The molecule has 1 nitrogen and oxygen atoms in total. The second-order valence-corrected chi connectivity index (χ2v) is 6.38. The first-order valence-corrected chi connectivity index (χ1v) is 7.62. The zero-order chi connectivity index (χ0) is 12.4. The van der Waals surface area contributed by atoms with Crippen molar-refractivity contribution in [2.75, 3.05) is 0 Å². The number of benzene rings is 1. The van der Waals surface area contributed by atoms with E-state index in [1.807, 2.05) is 0 Å². The highest BCUT2D eigenvalue weighted by atomic mass is 14.7. The van der Waals surface area contributed by atoms with Crippen LogP contribution in [0.15, 0.2) is 30.3 Å². The Balaban J connectivity index is 1.43. The van der Waals surface area contributed by atoms with Gasteiger partial charge in [0.2, 0.25) is 0 Å². The summed E-state index contributed by atoms with van der Waals surface area (Å²) in [6.45, 7) is 0. The van der Waals surface area contributed by atoms with Crippen molar-refractivity contribution in [2.24, 2.45) is 23.5 Å². The van der Waals surface area contributed by atoms with Crippen molar-refractivity contribution >= 4 is 0 Å². The van der Waals surface area contributed by atoms with Gasteiger partial charge in [0.1, 0.15) is 0 Å². The largest absolute Gasteiger partial charge is 0.327 e. The van der Waals surface area contributed by atoms with Gasteiger partial charge in [-0.3, -0.25) is 0 Å². The molecular weight excluding hydrogens is 218 g/mol. The standard InChI is InChI=1S/C17H25N/c18-17(16-12-14-9-10-15(16)11-14)8-4-7-13-5-2-1-3-6-13/h1-3,5-6,14-17H,4,7-12,18H2. The second-order valence-electron chi connectivity index (χ2n) is 6.38. The summed E-state index contributed by atoms with van der Waals surface area (Å²) >= 11 is 0. The molecule has 18 heavy (non-hydrogen) atoms. The monoisotopic (exact) mass is 243 g/mol. The van der Waals surface area contributed by atoms with Crippen LogP contribution < -0.4 is 5.73 Å². The molecule has 0 amide bonds. The third kappa shape index (κ3) is 2.61. The Morgan fingerprint density at radius 2 is 1.94 bits per heavy atom. The molecule has 98 valence electrons. The number of aryl methyl sites for hydroxylation is 1. The van der Waals surface area contributed by atoms with Gasteiger partial charge in [-0.2, -0.15) is 0 Å². The Bertz CT molecular complexity index is 372. The Kier molecular flexibility index (Phi) is 3.69. The van der Waals surface area contributed by atoms with E-state index in [1.165, 1.54) is 50.5 Å². The molecule has 2 fully saturated rings. The van der Waals surface area contributed by atoms with Crippen molar-refractivity contribution in [2.45, 2.75) is 51.0 Å². The number of hydrogen-bond acceptors (Lipinski definition) is 1. The molecule has 2 aliphatic rings. The summed E-state index contributed by atoms with van der Waals surface area (Å²) in [5, 5.41) is 0. The molecule has 3 rings (SSSR count). The summed E-state index contributed by atoms with van der Waals surface area (Å²) in [6, 6.07) is 11.3. The number of nitrogens with two attached hydrogens (primary N) is 1. The molecule has 2 aliphatic carbocycles. The Morgan fingerprint density at radius 1 is 1.11 bits per heavy atom. The van der Waals surface area contributed by atoms with Gasteiger partial charge in [-0.1, -0.05) is 36.8 Å². The molecular formula is C17H25N. The van der Waals surface area contributed by atoms with Crippen LogP contribution >= 0.6 is 0 Å². The zero-order valence-electron chi connectivity index (χ0n) is 11.2. The minimum Gasteiger partial charge on any atom is -0.327 e. The van der Waals surface area contributed by atoms with Crippen LogP contribution in [0.25, 0.3) is 0 Å². The smallest absolute Gasteiger partial charge is 0.00700 e. The Labute approximate surface area is 111 Å². The Hall–Kier alpha value is -0.820. The van der Waals surface area contributed by atoms with Crippen LogP contribution in [0, 0.1) is 17.8 Å². The molecule has 1 heteroatoms. The van der Waals surface area contributed by atoms with Crippen LogP contribution in [-0.2, 0) is 6.42 Å². The van der Waals surface area contributed by atoms with E-state index in [4.69, 9.17) is 5.73 Å². The lowest BCUT2D eigenvalue weighted by Crippen LogP contribution is -2.33. The van der Waals surface area contributed by atoms with Crippen molar-refractivity contribution in [1.29, 1.82) is 0 Å². The molecule has 2 bridgehead atoms. The van der Waals surface area contributed by atoms with E-state index in [0.717, 1.165) is 17.8 Å². The minimum atomic E-state index is 0.462. The van der Waals surface area contributed by atoms with Gasteiger partial charge in [0.15, 0.2) is 0 Å². The van der Waals surface area contributed by atoms with Gasteiger partial charge >= 0.3 is 0 Å². The normalized spacial score (nSPS) is 31.7. The van der Waals surface area contributed by atoms with E-state index in [2.05, 4.69) is 30.3 Å². The summed E-state index contributed by atoms with van der Waals surface area (Å²) in [7, 11) is 0. The molecule has 1 aromatic rings. The maximum absolute atomic E-state index is 6.43. The molecule has 4 unspecified atom stereocenters. The van der Waals surface area contributed by atoms with Crippen molar-refractivity contribution in [3.63, 3.8) is 0 Å². The number of fused-ring (bicyclic) bond motifs is 2. The van der Waals surface area contributed by atoms with Gasteiger partial charge in [0.25, 0.3) is 0 Å². The van der Waals surface area contributed by atoms with E-state index < -0.39 is 0 Å². The van der Waals surface area contributed by atoms with E-state index >= 15 is 0 Å². The highest BCUT2D eigenvalue weighted by Gasteiger charge is 2.41. The fourth-order valence-electron chi connectivity index (χ4n) is 4.22. The lowest BCUT2D eigenvalue weighted by Gasteiger charge is -2.27. The topological polar surface area (TPSA) is 26.0 Å². The first kappa shape index (κ1) is 12.2. The highest BCUT2D eigenvalue weighted by Crippen LogP contribution is 2.49. The SMILES string of the molecule is NC(CCCc1ccccc1)C1CC2CCC1C2. The maximum atomic E-state index is 6.43. The molecule has 0 aliphatic heterocycles. The zero-order valence-corrected chi connectivity index (χ0v) is 11.2. The summed E-state index contributed by atoms with van der Waals surface area (Å²) in [5.41, 5.74) is 7.89. The minimum absolute atomic E-state index is 0.462. The van der Waals surface area contributed by atoms with Crippen LogP contribution in [0.1, 0.15) is 44.1 Å². The summed E-state index contributed by atoms with van der Waals surface area (Å²) in [4.78, 5) is 0. The van der Waals surface area contributed by atoms with Gasteiger partial charge < -0.3 is 5.73 Å². The van der Waals surface area contributed by atoms with Crippen LogP contribution in [0.4, 0.5) is 0 Å². The molecule has 0 aromatic heterocycles. The summed E-state index contributed by atoms with van der Waals surface area (Å²) in [6.07, 6.45) is 9.51. The quantitative estimate of drug-likeness (QED) is 0.837. The molecule has 0 radical (unpaired) electrons. The lowest BCUT2D eigenvalue weighted by atomic mass is 9.82. The van der Waals surface area contributed by atoms with Crippen LogP contribution in [0.3, 0.4) is 0 Å². The molecule has 0 saturated heterocycles. The fraction of sp³-hybridized carbons (Fsp3) is 0.647. The highest BCUT2D eigenvalue weighted by molar-refractivity contribution is 5.14. The Morgan fingerprint density at radius 3 is 2.61 bits per heavy atom. The summed E-state index contributed by atoms with van der Waals surface area (Å²) < 4.78 is 0. The third-order valence-electron chi connectivity index (χ3n) is 5.19. The first-order valence-electron chi connectivity index (χ1n) is 7.62. The molecule has 2 saturated carbocycles. The van der Waals surface area contributed by atoms with Crippen LogP contribution in [0.2, 0.25) is 0 Å². The van der Waals surface area contributed by atoms with Crippen molar-refractivity contribution in [3.8, 4) is 0 Å². The van der Waals surface area contributed by atoms with E-state index in [-0.39, 0.29) is 0 Å². The molecule has 0 heterocycles. The van der Waals surface area contributed by atoms with E-state index in [0.29, 0.717) is 6.04 Å². The lowest BCUT2D eigenvalue weighted by molar-refractivity contribution is 0.270. The first-order chi connectivity index (χ1) is 8.83. The van der Waals surface area contributed by atoms with Crippen LogP contribution in [0.5, 0.6) is 0 Å². The third-order valence-corrected chi connectivity index (χ3v) is 5.19. The fourth-order valence-corrected chi connectivity index (χ4v) is 4.22. The molecule has 4 atom stereocenters. The van der Waals surface area contributed by atoms with Crippen molar-refractivity contribution < 1.29 is 0 Å². The average molecular weight is 243 g/mol. The van der Waals surface area contributed by atoms with Gasteiger partial charge in [0, 0.05) is 6.04 Å². The van der Waals surface area contributed by atoms with Crippen molar-refractivity contribution in [1.82, 2.24) is 0 Å². The predicted molar refractivity (Wildman–Crippen MR) is 76.3 cm³/mol. The van der Waals surface area contributed by atoms with Crippen molar-refractivity contribution in [3.05, 3.63) is 35.9 Å². The molecule has 1 aromatic carbocycles. The van der Waals surface area contributed by atoms with Gasteiger partial charge in [0.05, 0.1) is 0 Å². The second kappa shape index (κ2) is 5.44. The van der Waals surface area contributed by atoms with Gasteiger partial charge in [-0.25, -0.2) is 0 Å².